The van der Waals surface area contributed by atoms with E-state index in [1.54, 1.807) is 13.1 Å². The van der Waals surface area contributed by atoms with Crippen LogP contribution in [0.3, 0.4) is 0 Å². The van der Waals surface area contributed by atoms with Crippen molar-refractivity contribution in [1.82, 2.24) is 5.32 Å². The molecule has 0 aliphatic rings. The molecule has 0 aromatic heterocycles. The quantitative estimate of drug-likeness (QED) is 0.563. The Morgan fingerprint density at radius 3 is 2.40 bits per heavy atom. The van der Waals surface area contributed by atoms with Crippen LogP contribution in [0.25, 0.3) is 0 Å². The molecule has 0 aliphatic carbocycles. The Morgan fingerprint density at radius 2 is 2.30 bits per heavy atom. The van der Waals surface area contributed by atoms with Crippen LogP contribution in [-0.4, -0.2) is 24.2 Å². The number of hydrogen-bond donors (Lipinski definition) is 2. The van der Waals surface area contributed by atoms with Gasteiger partial charge in [0.15, 0.2) is 0 Å². The SMILES string of the molecule is C=C[C@H](C)[C@H](NC)C(=O)O. The normalized spacial score (nSPS) is 15.8. The summed E-state index contributed by atoms with van der Waals surface area (Å²) in [6, 6.07) is -0.516. The Balaban J connectivity index is 4.05. The van der Waals surface area contributed by atoms with E-state index < -0.39 is 12.0 Å². The van der Waals surface area contributed by atoms with Crippen LogP contribution in [0.15, 0.2) is 12.7 Å². The number of carboxylic acid groups (broad SMARTS) is 1. The minimum absolute atomic E-state index is 0.0394. The van der Waals surface area contributed by atoms with Gasteiger partial charge in [-0.2, -0.15) is 0 Å². The van der Waals surface area contributed by atoms with Crippen molar-refractivity contribution in [1.29, 1.82) is 0 Å². The van der Waals surface area contributed by atoms with E-state index in [4.69, 9.17) is 5.11 Å². The molecule has 3 nitrogen and oxygen atoms in total. The van der Waals surface area contributed by atoms with E-state index in [1.807, 2.05) is 6.92 Å². The van der Waals surface area contributed by atoms with E-state index in [0.717, 1.165) is 0 Å². The second-order valence-corrected chi connectivity index (χ2v) is 2.20. The predicted octanol–water partition coefficient (Wildman–Crippen LogP) is 0.481. The highest BCUT2D eigenvalue weighted by Crippen LogP contribution is 2.02. The molecule has 0 aliphatic heterocycles. The van der Waals surface area contributed by atoms with E-state index in [9.17, 15) is 4.79 Å². The number of hydrogen-bond acceptors (Lipinski definition) is 2. The third-order valence-corrected chi connectivity index (χ3v) is 1.47. The molecule has 0 unspecified atom stereocenters. The van der Waals surface area contributed by atoms with Crippen molar-refractivity contribution in [2.24, 2.45) is 5.92 Å². The second kappa shape index (κ2) is 4.06. The molecule has 0 spiro atoms. The number of aliphatic carboxylic acids is 1. The molecule has 0 rings (SSSR count). The lowest BCUT2D eigenvalue weighted by atomic mass is 10.0. The largest absolute Gasteiger partial charge is 0.480 e. The smallest absolute Gasteiger partial charge is 0.321 e. The molecule has 0 bridgehead atoms. The molecule has 0 aromatic rings. The lowest BCUT2D eigenvalue weighted by Crippen LogP contribution is -2.38. The minimum Gasteiger partial charge on any atom is -0.480 e. The van der Waals surface area contributed by atoms with Gasteiger partial charge >= 0.3 is 5.97 Å². The van der Waals surface area contributed by atoms with E-state index in [2.05, 4.69) is 11.9 Å². The van der Waals surface area contributed by atoms with Crippen molar-refractivity contribution in [3.63, 3.8) is 0 Å². The maximum atomic E-state index is 10.4. The van der Waals surface area contributed by atoms with Gasteiger partial charge in [-0.3, -0.25) is 4.79 Å². The fourth-order valence-electron chi connectivity index (χ4n) is 0.747. The molecule has 3 heteroatoms. The van der Waals surface area contributed by atoms with Crippen molar-refractivity contribution >= 4 is 5.97 Å². The van der Waals surface area contributed by atoms with E-state index in [1.165, 1.54) is 0 Å². The molecule has 58 valence electrons. The van der Waals surface area contributed by atoms with E-state index in [0.29, 0.717) is 0 Å². The van der Waals surface area contributed by atoms with Crippen molar-refractivity contribution in [2.75, 3.05) is 7.05 Å². The number of nitrogens with one attached hydrogen (secondary N) is 1. The lowest BCUT2D eigenvalue weighted by Gasteiger charge is -2.14. The summed E-state index contributed by atoms with van der Waals surface area (Å²) in [7, 11) is 1.62. The van der Waals surface area contributed by atoms with Crippen molar-refractivity contribution in [3.05, 3.63) is 12.7 Å². The fraction of sp³-hybridized carbons (Fsp3) is 0.571. The third kappa shape index (κ3) is 2.19. The standard InChI is InChI=1S/C7H13NO2/c1-4-5(2)6(8-3)7(9)10/h4-6,8H,1H2,2-3H3,(H,9,10)/t5-,6-/m0/s1. The van der Waals surface area contributed by atoms with Gasteiger partial charge in [-0.15, -0.1) is 6.58 Å². The summed E-state index contributed by atoms with van der Waals surface area (Å²) in [6.07, 6.45) is 1.62. The van der Waals surface area contributed by atoms with Crippen LogP contribution in [-0.2, 0) is 4.79 Å². The van der Waals surface area contributed by atoms with Crippen molar-refractivity contribution in [2.45, 2.75) is 13.0 Å². The zero-order chi connectivity index (χ0) is 8.15. The lowest BCUT2D eigenvalue weighted by molar-refractivity contribution is -0.140. The van der Waals surface area contributed by atoms with Gasteiger partial charge in [-0.05, 0) is 13.0 Å². The maximum Gasteiger partial charge on any atom is 0.321 e. The van der Waals surface area contributed by atoms with E-state index >= 15 is 0 Å². The molecule has 0 radical (unpaired) electrons. The summed E-state index contributed by atoms with van der Waals surface area (Å²) >= 11 is 0. The highest BCUT2D eigenvalue weighted by Gasteiger charge is 2.19. The molecule has 0 saturated heterocycles. The van der Waals surface area contributed by atoms with Gasteiger partial charge in [0.1, 0.15) is 6.04 Å². The van der Waals surface area contributed by atoms with Crippen LogP contribution < -0.4 is 5.32 Å². The maximum absolute atomic E-state index is 10.4. The second-order valence-electron chi connectivity index (χ2n) is 2.20. The Bertz CT molecular complexity index is 134. The van der Waals surface area contributed by atoms with Crippen LogP contribution >= 0.6 is 0 Å². The molecule has 2 N–H and O–H groups in total. The number of likely N-dealkylation sites (N-methyl/N-ethyl adjacent to an activating group) is 1. The first-order valence-corrected chi connectivity index (χ1v) is 3.16. The first-order valence-electron chi connectivity index (χ1n) is 3.16. The van der Waals surface area contributed by atoms with Crippen LogP contribution in [0.1, 0.15) is 6.92 Å². The Kier molecular flexibility index (Phi) is 3.72. The highest BCUT2D eigenvalue weighted by molar-refractivity contribution is 5.74. The average Bonchev–Trinajstić information content (AvgIpc) is 1.88. The summed E-state index contributed by atoms with van der Waals surface area (Å²) in [6.45, 7) is 5.32. The predicted molar refractivity (Wildman–Crippen MR) is 39.8 cm³/mol. The first-order chi connectivity index (χ1) is 4.63. The molecule has 0 aromatic carbocycles. The van der Waals surface area contributed by atoms with Gasteiger partial charge in [0.05, 0.1) is 0 Å². The molecule has 2 atom stereocenters. The summed E-state index contributed by atoms with van der Waals surface area (Å²) < 4.78 is 0. The van der Waals surface area contributed by atoms with Crippen molar-refractivity contribution in [3.8, 4) is 0 Å². The summed E-state index contributed by atoms with van der Waals surface area (Å²) in [4.78, 5) is 10.4. The average molecular weight is 143 g/mol. The topological polar surface area (TPSA) is 49.3 Å². The van der Waals surface area contributed by atoms with Crippen LogP contribution in [0, 0.1) is 5.92 Å². The van der Waals surface area contributed by atoms with Gasteiger partial charge < -0.3 is 10.4 Å². The van der Waals surface area contributed by atoms with E-state index in [-0.39, 0.29) is 5.92 Å². The summed E-state index contributed by atoms with van der Waals surface area (Å²) in [5.41, 5.74) is 0. The monoisotopic (exact) mass is 143 g/mol. The molecule has 0 fully saturated rings. The van der Waals surface area contributed by atoms with Gasteiger partial charge in [-0.1, -0.05) is 13.0 Å². The Hall–Kier alpha value is -0.830. The fourth-order valence-corrected chi connectivity index (χ4v) is 0.747. The minimum atomic E-state index is -0.838. The van der Waals surface area contributed by atoms with Crippen LogP contribution in [0.2, 0.25) is 0 Å². The van der Waals surface area contributed by atoms with Gasteiger partial charge in [0.2, 0.25) is 0 Å². The van der Waals surface area contributed by atoms with Crippen LogP contribution in [0.5, 0.6) is 0 Å². The van der Waals surface area contributed by atoms with Crippen LogP contribution in [0.4, 0.5) is 0 Å². The molecule has 0 saturated carbocycles. The molecular formula is C7H13NO2. The molecule has 0 heterocycles. The molecular weight excluding hydrogens is 130 g/mol. The van der Waals surface area contributed by atoms with Gasteiger partial charge in [-0.25, -0.2) is 0 Å². The Morgan fingerprint density at radius 1 is 1.80 bits per heavy atom. The number of rotatable bonds is 4. The highest BCUT2D eigenvalue weighted by atomic mass is 16.4. The zero-order valence-electron chi connectivity index (χ0n) is 6.29. The molecule has 10 heavy (non-hydrogen) atoms. The number of carbonyl (C=O) groups is 1. The zero-order valence-corrected chi connectivity index (χ0v) is 6.29. The number of carboxylic acids is 1. The molecule has 0 amide bonds. The van der Waals surface area contributed by atoms with Crippen molar-refractivity contribution < 1.29 is 9.90 Å². The van der Waals surface area contributed by atoms with Gasteiger partial charge in [0, 0.05) is 0 Å². The third-order valence-electron chi connectivity index (χ3n) is 1.47. The Labute approximate surface area is 60.7 Å². The van der Waals surface area contributed by atoms with Gasteiger partial charge in [0.25, 0.3) is 0 Å². The summed E-state index contributed by atoms with van der Waals surface area (Å²) in [5, 5.41) is 11.2. The first kappa shape index (κ1) is 9.17. The summed E-state index contributed by atoms with van der Waals surface area (Å²) in [5.74, 6) is -0.877.